The van der Waals surface area contributed by atoms with E-state index in [4.69, 9.17) is 4.74 Å². The fourth-order valence-electron chi connectivity index (χ4n) is 1.51. The number of ether oxygens (including phenoxy) is 1. The zero-order valence-corrected chi connectivity index (χ0v) is 11.0. The summed E-state index contributed by atoms with van der Waals surface area (Å²) >= 11 is 1.60. The number of hydrogen-bond donors (Lipinski definition) is 0. The summed E-state index contributed by atoms with van der Waals surface area (Å²) in [6.07, 6.45) is 0. The predicted octanol–water partition coefficient (Wildman–Crippen LogP) is 4.69. The summed E-state index contributed by atoms with van der Waals surface area (Å²) in [5.41, 5.74) is 1.22. The lowest BCUT2D eigenvalue weighted by atomic mass is 10.2. The van der Waals surface area contributed by atoms with Crippen molar-refractivity contribution in [1.29, 1.82) is 0 Å². The first-order valence-corrected chi connectivity index (χ1v) is 6.72. The summed E-state index contributed by atoms with van der Waals surface area (Å²) in [6, 6.07) is 17.9. The van der Waals surface area contributed by atoms with Crippen LogP contribution in [0, 0.1) is 11.2 Å². The molecule has 0 aliphatic rings. The van der Waals surface area contributed by atoms with Gasteiger partial charge in [0.1, 0.15) is 11.5 Å². The van der Waals surface area contributed by atoms with Crippen molar-refractivity contribution in [3.63, 3.8) is 0 Å². The molecule has 0 spiro atoms. The van der Waals surface area contributed by atoms with Gasteiger partial charge in [0.2, 0.25) is 0 Å². The third-order valence-electron chi connectivity index (χ3n) is 2.29. The first kappa shape index (κ1) is 12.6. The highest BCUT2D eigenvalue weighted by atomic mass is 32.2. The van der Waals surface area contributed by atoms with Crippen LogP contribution >= 0.6 is 11.8 Å². The quantitative estimate of drug-likeness (QED) is 0.732. The van der Waals surface area contributed by atoms with Gasteiger partial charge in [-0.15, -0.1) is 0 Å². The molecule has 0 fully saturated rings. The Bertz CT molecular complexity index is 552. The van der Waals surface area contributed by atoms with Crippen LogP contribution in [0.3, 0.4) is 0 Å². The minimum Gasteiger partial charge on any atom is -0.457 e. The second-order valence-electron chi connectivity index (χ2n) is 3.70. The van der Waals surface area contributed by atoms with Crippen molar-refractivity contribution in [3.8, 4) is 22.7 Å². The molecule has 0 N–H and O–H groups in total. The van der Waals surface area contributed by atoms with E-state index in [0.29, 0.717) is 0 Å². The summed E-state index contributed by atoms with van der Waals surface area (Å²) in [6.45, 7) is 1.85. The van der Waals surface area contributed by atoms with Crippen molar-refractivity contribution in [2.45, 2.75) is 12.7 Å². The SMILES string of the molecule is CC#CSCc1cccc(Oc2ccccc2)c1. The van der Waals surface area contributed by atoms with Gasteiger partial charge >= 0.3 is 0 Å². The van der Waals surface area contributed by atoms with Crippen molar-refractivity contribution in [2.24, 2.45) is 0 Å². The molecule has 0 saturated heterocycles. The molecule has 0 heterocycles. The zero-order chi connectivity index (χ0) is 12.6. The van der Waals surface area contributed by atoms with Crippen molar-refractivity contribution in [2.75, 3.05) is 0 Å². The van der Waals surface area contributed by atoms with Crippen LogP contribution in [0.4, 0.5) is 0 Å². The Hall–Kier alpha value is -1.85. The number of hydrogen-bond acceptors (Lipinski definition) is 2. The molecule has 0 amide bonds. The van der Waals surface area contributed by atoms with Crippen LogP contribution in [-0.4, -0.2) is 0 Å². The maximum absolute atomic E-state index is 5.78. The van der Waals surface area contributed by atoms with Crippen molar-refractivity contribution < 1.29 is 4.74 Å². The highest BCUT2D eigenvalue weighted by molar-refractivity contribution is 8.03. The van der Waals surface area contributed by atoms with Gasteiger partial charge < -0.3 is 4.74 Å². The Labute approximate surface area is 112 Å². The molecular formula is C16H14OS. The number of benzene rings is 2. The van der Waals surface area contributed by atoms with Crippen LogP contribution in [0.5, 0.6) is 11.5 Å². The van der Waals surface area contributed by atoms with Gasteiger partial charge in [0, 0.05) is 5.75 Å². The normalized spacial score (nSPS) is 9.39. The highest BCUT2D eigenvalue weighted by Crippen LogP contribution is 2.23. The monoisotopic (exact) mass is 254 g/mol. The average Bonchev–Trinajstić information content (AvgIpc) is 2.41. The van der Waals surface area contributed by atoms with Crippen molar-refractivity contribution in [3.05, 3.63) is 60.2 Å². The Balaban J connectivity index is 2.04. The van der Waals surface area contributed by atoms with E-state index in [9.17, 15) is 0 Å². The van der Waals surface area contributed by atoms with Crippen LogP contribution in [-0.2, 0) is 5.75 Å². The molecule has 0 aromatic heterocycles. The maximum atomic E-state index is 5.78. The molecule has 0 aliphatic heterocycles. The summed E-state index contributed by atoms with van der Waals surface area (Å²) < 4.78 is 5.78. The van der Waals surface area contributed by atoms with Gasteiger partial charge in [-0.1, -0.05) is 48.0 Å². The van der Waals surface area contributed by atoms with E-state index in [1.54, 1.807) is 11.8 Å². The van der Waals surface area contributed by atoms with Gasteiger partial charge in [-0.3, -0.25) is 0 Å². The molecule has 2 heteroatoms. The Morgan fingerprint density at radius 2 is 1.78 bits per heavy atom. The van der Waals surface area contributed by atoms with Gasteiger partial charge in [-0.05, 0) is 42.0 Å². The molecule has 0 unspecified atom stereocenters. The van der Waals surface area contributed by atoms with Gasteiger partial charge in [0.25, 0.3) is 0 Å². The van der Waals surface area contributed by atoms with Gasteiger partial charge in [0.15, 0.2) is 0 Å². The second kappa shape index (κ2) is 6.78. The van der Waals surface area contributed by atoms with E-state index >= 15 is 0 Å². The van der Waals surface area contributed by atoms with Gasteiger partial charge in [0.05, 0.1) is 0 Å². The topological polar surface area (TPSA) is 9.23 Å². The molecule has 0 saturated carbocycles. The second-order valence-corrected chi connectivity index (χ2v) is 4.48. The molecule has 2 rings (SSSR count). The minimum absolute atomic E-state index is 0.857. The van der Waals surface area contributed by atoms with Crippen LogP contribution < -0.4 is 4.74 Å². The lowest BCUT2D eigenvalue weighted by molar-refractivity contribution is 0.482. The Morgan fingerprint density at radius 1 is 1.00 bits per heavy atom. The first-order valence-electron chi connectivity index (χ1n) is 5.74. The molecule has 90 valence electrons. The summed E-state index contributed by atoms with van der Waals surface area (Å²) in [7, 11) is 0. The van der Waals surface area contributed by atoms with Crippen molar-refractivity contribution in [1.82, 2.24) is 0 Å². The third-order valence-corrected chi connectivity index (χ3v) is 3.12. The fraction of sp³-hybridized carbons (Fsp3) is 0.125. The van der Waals surface area contributed by atoms with E-state index < -0.39 is 0 Å². The summed E-state index contributed by atoms with van der Waals surface area (Å²) in [5.74, 6) is 5.48. The largest absolute Gasteiger partial charge is 0.457 e. The molecule has 18 heavy (non-hydrogen) atoms. The molecule has 0 radical (unpaired) electrons. The Kier molecular flexibility index (Phi) is 4.75. The molecular weight excluding hydrogens is 240 g/mol. The molecule has 0 atom stereocenters. The van der Waals surface area contributed by atoms with E-state index in [-0.39, 0.29) is 0 Å². The van der Waals surface area contributed by atoms with E-state index in [0.717, 1.165) is 17.3 Å². The van der Waals surface area contributed by atoms with Crippen LogP contribution in [0.2, 0.25) is 0 Å². The molecule has 0 bridgehead atoms. The van der Waals surface area contributed by atoms with Crippen molar-refractivity contribution >= 4 is 11.8 Å². The predicted molar refractivity (Wildman–Crippen MR) is 77.7 cm³/mol. The number of thioether (sulfide) groups is 1. The zero-order valence-electron chi connectivity index (χ0n) is 10.2. The van der Waals surface area contributed by atoms with Gasteiger partial charge in [-0.25, -0.2) is 0 Å². The summed E-state index contributed by atoms with van der Waals surface area (Å²) in [5, 5.41) is 2.99. The maximum Gasteiger partial charge on any atom is 0.127 e. The lowest BCUT2D eigenvalue weighted by Gasteiger charge is -2.06. The molecule has 1 nitrogen and oxygen atoms in total. The number of para-hydroxylation sites is 1. The Morgan fingerprint density at radius 3 is 2.56 bits per heavy atom. The number of rotatable bonds is 4. The third kappa shape index (κ3) is 3.87. The highest BCUT2D eigenvalue weighted by Gasteiger charge is 1.98. The summed E-state index contributed by atoms with van der Waals surface area (Å²) in [4.78, 5) is 0. The minimum atomic E-state index is 0.857. The average molecular weight is 254 g/mol. The lowest BCUT2D eigenvalue weighted by Crippen LogP contribution is -1.85. The van der Waals surface area contributed by atoms with E-state index in [1.807, 2.05) is 49.4 Å². The molecule has 0 aliphatic carbocycles. The first-order chi connectivity index (χ1) is 8.88. The van der Waals surface area contributed by atoms with Crippen LogP contribution in [0.15, 0.2) is 54.6 Å². The van der Waals surface area contributed by atoms with E-state index in [1.165, 1.54) is 5.56 Å². The van der Waals surface area contributed by atoms with Gasteiger partial charge in [-0.2, -0.15) is 0 Å². The smallest absolute Gasteiger partial charge is 0.127 e. The van der Waals surface area contributed by atoms with Crippen LogP contribution in [0.1, 0.15) is 12.5 Å². The standard InChI is InChI=1S/C16H14OS/c1-2-11-18-13-14-7-6-10-16(12-14)17-15-8-4-3-5-9-15/h3-10,12H,13H2,1H3. The molecule has 2 aromatic rings. The van der Waals surface area contributed by atoms with Crippen LogP contribution in [0.25, 0.3) is 0 Å². The van der Waals surface area contributed by atoms with E-state index in [2.05, 4.69) is 23.3 Å². The molecule has 2 aromatic carbocycles. The fourth-order valence-corrected chi connectivity index (χ4v) is 2.08.